The molecule has 3 aromatic carbocycles. The summed E-state index contributed by atoms with van der Waals surface area (Å²) < 4.78 is 26.6. The van der Waals surface area contributed by atoms with E-state index in [0.717, 1.165) is 62.4 Å². The van der Waals surface area contributed by atoms with Gasteiger partial charge in [0.1, 0.15) is 17.9 Å². The van der Waals surface area contributed by atoms with Gasteiger partial charge < -0.3 is 4.79 Å². The van der Waals surface area contributed by atoms with Crippen molar-refractivity contribution in [1.29, 1.82) is 0 Å². The molecule has 0 N–H and O–H groups in total. The van der Waals surface area contributed by atoms with E-state index in [1.165, 1.54) is 41.8 Å². The maximum Gasteiger partial charge on any atom is 0.123 e. The molecule has 0 fully saturated rings. The van der Waals surface area contributed by atoms with Crippen molar-refractivity contribution in [1.82, 2.24) is 0 Å². The number of rotatable bonds is 13. The molecular weight excluding hydrogens is 450 g/mol. The van der Waals surface area contributed by atoms with Crippen molar-refractivity contribution in [3.63, 3.8) is 0 Å². The molecule has 0 aliphatic carbocycles. The minimum absolute atomic E-state index is 0.157. The van der Waals surface area contributed by atoms with Crippen LogP contribution in [0.15, 0.2) is 72.8 Å². The maximum atomic E-state index is 13.3. The Balaban J connectivity index is 0.000000482. The summed E-state index contributed by atoms with van der Waals surface area (Å²) in [5, 5.41) is 0. The lowest BCUT2D eigenvalue weighted by atomic mass is 9.86. The predicted octanol–water partition coefficient (Wildman–Crippen LogP) is 9.75. The molecule has 3 rings (SSSR count). The van der Waals surface area contributed by atoms with Gasteiger partial charge in [-0.25, -0.2) is 8.78 Å². The minimum atomic E-state index is -0.237. The summed E-state index contributed by atoms with van der Waals surface area (Å²) in [6, 6.07) is 21.7. The largest absolute Gasteiger partial charge is 0.303 e. The van der Waals surface area contributed by atoms with E-state index in [-0.39, 0.29) is 17.6 Å². The van der Waals surface area contributed by atoms with E-state index in [1.807, 2.05) is 24.3 Å². The average molecular weight is 493 g/mol. The first-order chi connectivity index (χ1) is 17.4. The Bertz CT molecular complexity index is 928. The first kappa shape index (κ1) is 29.4. The molecule has 3 heteroatoms. The van der Waals surface area contributed by atoms with Crippen LogP contribution in [0.2, 0.25) is 0 Å². The van der Waals surface area contributed by atoms with Crippen molar-refractivity contribution in [2.24, 2.45) is 5.92 Å². The topological polar surface area (TPSA) is 17.1 Å². The molecule has 0 bridgehead atoms. The first-order valence-electron chi connectivity index (χ1n) is 13.4. The van der Waals surface area contributed by atoms with Crippen molar-refractivity contribution >= 4 is 6.29 Å². The summed E-state index contributed by atoms with van der Waals surface area (Å²) in [7, 11) is 0. The second-order valence-electron chi connectivity index (χ2n) is 9.79. The van der Waals surface area contributed by atoms with Crippen LogP contribution in [0.25, 0.3) is 0 Å². The van der Waals surface area contributed by atoms with Gasteiger partial charge in [-0.15, -0.1) is 0 Å². The summed E-state index contributed by atoms with van der Waals surface area (Å²) in [5.74, 6) is 0.218. The third kappa shape index (κ3) is 10.8. The molecule has 0 saturated carbocycles. The Morgan fingerprint density at radius 3 is 1.56 bits per heavy atom. The summed E-state index contributed by atoms with van der Waals surface area (Å²) in [4.78, 5) is 10.8. The van der Waals surface area contributed by atoms with Crippen molar-refractivity contribution in [3.8, 4) is 0 Å². The van der Waals surface area contributed by atoms with Crippen LogP contribution in [0, 0.1) is 31.4 Å². The fourth-order valence-electron chi connectivity index (χ4n) is 4.64. The lowest BCUT2D eigenvalue weighted by Gasteiger charge is -2.18. The highest BCUT2D eigenvalue weighted by molar-refractivity contribution is 5.49. The Labute approximate surface area is 217 Å². The second kappa shape index (κ2) is 16.8. The highest BCUT2D eigenvalue weighted by atomic mass is 19.1. The molecule has 0 aliphatic rings. The van der Waals surface area contributed by atoms with E-state index in [9.17, 15) is 13.6 Å². The van der Waals surface area contributed by atoms with Crippen molar-refractivity contribution in [2.45, 2.75) is 84.5 Å². The average Bonchev–Trinajstić information content (AvgIpc) is 2.87. The number of aryl methyl sites for hydroxylation is 2. The third-order valence-electron chi connectivity index (χ3n) is 6.95. The number of hydrogen-bond acceptors (Lipinski definition) is 1. The lowest BCUT2D eigenvalue weighted by Crippen LogP contribution is -2.03. The quantitative estimate of drug-likeness (QED) is 0.171. The number of carbonyl (C=O) groups excluding carboxylic acids is 1. The van der Waals surface area contributed by atoms with E-state index < -0.39 is 0 Å². The van der Waals surface area contributed by atoms with Crippen LogP contribution < -0.4 is 0 Å². The number of carbonyl (C=O) groups is 1. The molecular formula is C33H42F2O. The number of unbranched alkanes of at least 4 members (excludes halogenated alkanes) is 3. The van der Waals surface area contributed by atoms with Crippen molar-refractivity contribution in [3.05, 3.63) is 107 Å². The van der Waals surface area contributed by atoms with Gasteiger partial charge in [-0.1, -0.05) is 100 Å². The summed E-state index contributed by atoms with van der Waals surface area (Å²) in [6.07, 6.45) is 10.6. The molecule has 3 aromatic rings. The van der Waals surface area contributed by atoms with Crippen molar-refractivity contribution in [2.75, 3.05) is 0 Å². The molecule has 194 valence electrons. The molecule has 36 heavy (non-hydrogen) atoms. The second-order valence-corrected chi connectivity index (χ2v) is 9.79. The molecule has 0 amide bonds. The molecule has 0 aliphatic heterocycles. The molecule has 0 radical (unpaired) electrons. The summed E-state index contributed by atoms with van der Waals surface area (Å²) >= 11 is 0. The fraction of sp³-hybridized carbons (Fsp3) is 0.424. The fourth-order valence-corrected chi connectivity index (χ4v) is 4.64. The predicted molar refractivity (Wildman–Crippen MR) is 147 cm³/mol. The normalized spacial score (nSPS) is 11.6. The van der Waals surface area contributed by atoms with Crippen LogP contribution in [-0.2, 0) is 4.79 Å². The number of aldehydes is 1. The van der Waals surface area contributed by atoms with Gasteiger partial charge in [0, 0.05) is 12.3 Å². The highest BCUT2D eigenvalue weighted by Crippen LogP contribution is 2.31. The Kier molecular flexibility index (Phi) is 13.7. The van der Waals surface area contributed by atoms with E-state index in [0.29, 0.717) is 12.3 Å². The first-order valence-corrected chi connectivity index (χ1v) is 13.4. The van der Waals surface area contributed by atoms with Gasteiger partial charge in [-0.2, -0.15) is 0 Å². The Hall–Kier alpha value is -2.81. The number of hydrogen-bond donors (Lipinski definition) is 0. The monoisotopic (exact) mass is 492 g/mol. The minimum Gasteiger partial charge on any atom is -0.303 e. The van der Waals surface area contributed by atoms with E-state index >= 15 is 0 Å². The van der Waals surface area contributed by atoms with Gasteiger partial charge in [-0.05, 0) is 72.7 Å². The Morgan fingerprint density at radius 2 is 1.14 bits per heavy atom. The van der Waals surface area contributed by atoms with Gasteiger partial charge >= 0.3 is 0 Å². The van der Waals surface area contributed by atoms with Crippen molar-refractivity contribution < 1.29 is 13.6 Å². The SMILES string of the molecule is CCCC(CC=O)CCCCCCC(c1ccc(F)cc1)c1ccc(F)cc1.Cc1ccccc1C. The molecule has 0 aromatic heterocycles. The zero-order valence-corrected chi connectivity index (χ0v) is 22.2. The van der Waals surface area contributed by atoms with E-state index in [2.05, 4.69) is 45.0 Å². The third-order valence-corrected chi connectivity index (χ3v) is 6.95. The van der Waals surface area contributed by atoms with Crippen LogP contribution in [0.3, 0.4) is 0 Å². The van der Waals surface area contributed by atoms with Crippen LogP contribution >= 0.6 is 0 Å². The summed E-state index contributed by atoms with van der Waals surface area (Å²) in [5.41, 5.74) is 4.88. The standard InChI is InChI=1S/C25H32F2O.C8H10/c1-2-7-20(18-19-28)8-5-3-4-6-9-25(21-10-14-23(26)15-11-21)22-12-16-24(27)17-13-22;1-7-5-3-4-6-8(7)2/h10-17,19-20,25H,2-9,18H2,1H3;3-6H,1-2H3. The zero-order chi connectivity index (χ0) is 26.2. The molecule has 1 atom stereocenters. The van der Waals surface area contributed by atoms with Gasteiger partial charge in [0.05, 0.1) is 0 Å². The number of benzene rings is 3. The molecule has 0 heterocycles. The number of halogens is 2. The van der Waals surface area contributed by atoms with Crippen LogP contribution in [0.4, 0.5) is 8.78 Å². The maximum absolute atomic E-state index is 13.3. The van der Waals surface area contributed by atoms with Crippen LogP contribution in [0.5, 0.6) is 0 Å². The zero-order valence-electron chi connectivity index (χ0n) is 22.2. The highest BCUT2D eigenvalue weighted by Gasteiger charge is 2.14. The van der Waals surface area contributed by atoms with Crippen LogP contribution in [-0.4, -0.2) is 6.29 Å². The summed E-state index contributed by atoms with van der Waals surface area (Å²) in [6.45, 7) is 6.41. The van der Waals surface area contributed by atoms with Crippen LogP contribution in [0.1, 0.15) is 92.9 Å². The molecule has 1 nitrogen and oxygen atoms in total. The molecule has 1 unspecified atom stereocenters. The van der Waals surface area contributed by atoms with Gasteiger partial charge in [0.25, 0.3) is 0 Å². The van der Waals surface area contributed by atoms with E-state index in [4.69, 9.17) is 0 Å². The van der Waals surface area contributed by atoms with Gasteiger partial charge in [0.2, 0.25) is 0 Å². The van der Waals surface area contributed by atoms with Gasteiger partial charge in [0.15, 0.2) is 0 Å². The van der Waals surface area contributed by atoms with Gasteiger partial charge in [-0.3, -0.25) is 0 Å². The Morgan fingerprint density at radius 1 is 0.667 bits per heavy atom. The lowest BCUT2D eigenvalue weighted by molar-refractivity contribution is -0.108. The molecule has 0 saturated heterocycles. The molecule has 0 spiro atoms. The van der Waals surface area contributed by atoms with E-state index in [1.54, 1.807) is 0 Å². The smallest absolute Gasteiger partial charge is 0.123 e.